The highest BCUT2D eigenvalue weighted by atomic mass is 35.5. The third-order valence-corrected chi connectivity index (χ3v) is 5.05. The third-order valence-electron chi connectivity index (χ3n) is 4.86. The van der Waals surface area contributed by atoms with Crippen LogP contribution in [0.2, 0.25) is 5.15 Å². The first kappa shape index (κ1) is 15.7. The molecule has 0 bridgehead atoms. The van der Waals surface area contributed by atoms with Gasteiger partial charge in [0.15, 0.2) is 0 Å². The van der Waals surface area contributed by atoms with E-state index in [9.17, 15) is 0 Å². The van der Waals surface area contributed by atoms with E-state index in [1.54, 1.807) is 0 Å². The van der Waals surface area contributed by atoms with Crippen molar-refractivity contribution in [2.24, 2.45) is 0 Å². The molecule has 2 heterocycles. The molecule has 1 aliphatic heterocycles. The second-order valence-corrected chi connectivity index (χ2v) is 7.25. The quantitative estimate of drug-likeness (QED) is 0.794. The van der Waals surface area contributed by atoms with Gasteiger partial charge >= 0.3 is 0 Å². The Morgan fingerprint density at radius 1 is 1.17 bits per heavy atom. The summed E-state index contributed by atoms with van der Waals surface area (Å²) < 4.78 is 0. The summed E-state index contributed by atoms with van der Waals surface area (Å²) >= 11 is 6.16. The minimum Gasteiger partial charge on any atom is -0.372 e. The normalized spacial score (nSPS) is 18.7. The van der Waals surface area contributed by atoms with Gasteiger partial charge < -0.3 is 10.2 Å². The van der Waals surface area contributed by atoms with Gasteiger partial charge in [0.2, 0.25) is 0 Å². The van der Waals surface area contributed by atoms with Crippen molar-refractivity contribution >= 4 is 23.1 Å². The molecule has 1 N–H and O–H groups in total. The molecule has 24 heavy (non-hydrogen) atoms. The van der Waals surface area contributed by atoms with Crippen LogP contribution in [-0.4, -0.2) is 23.1 Å². The number of anilines is 2. The molecule has 4 nitrogen and oxygen atoms in total. The van der Waals surface area contributed by atoms with E-state index in [2.05, 4.69) is 51.4 Å². The molecule has 0 amide bonds. The minimum atomic E-state index is 0.172. The molecule has 2 fully saturated rings. The molecule has 1 saturated carbocycles. The Kier molecular flexibility index (Phi) is 4.31. The molecule has 4 rings (SSSR count). The zero-order valence-corrected chi connectivity index (χ0v) is 14.8. The Bertz CT molecular complexity index is 723. The number of halogens is 1. The number of nitrogens with zero attached hydrogens (tertiary/aromatic N) is 3. The van der Waals surface area contributed by atoms with E-state index in [1.807, 2.05) is 6.07 Å². The van der Waals surface area contributed by atoms with Gasteiger partial charge in [-0.2, -0.15) is 0 Å². The van der Waals surface area contributed by atoms with Gasteiger partial charge in [-0.3, -0.25) is 0 Å². The van der Waals surface area contributed by atoms with E-state index in [-0.39, 0.29) is 6.04 Å². The predicted molar refractivity (Wildman–Crippen MR) is 98.9 cm³/mol. The average Bonchev–Trinajstić information content (AvgIpc) is 3.29. The standard InChI is InChI=1S/C19H23ClN4/c1-13(15-5-4-6-16(11-15)24-9-2-3-10-24)21-18-12-17(20)22-19(23-18)14-7-8-14/h4-6,11-14H,2-3,7-10H2,1H3,(H,21,22,23). The van der Waals surface area contributed by atoms with Crippen LogP contribution in [-0.2, 0) is 0 Å². The van der Waals surface area contributed by atoms with Crippen LogP contribution in [0, 0.1) is 0 Å². The van der Waals surface area contributed by atoms with Gasteiger partial charge in [0, 0.05) is 30.8 Å². The van der Waals surface area contributed by atoms with Gasteiger partial charge in [0.1, 0.15) is 16.8 Å². The number of benzene rings is 1. The molecule has 2 aliphatic rings. The maximum Gasteiger partial charge on any atom is 0.135 e. The van der Waals surface area contributed by atoms with E-state index < -0.39 is 0 Å². The first-order valence-electron chi connectivity index (χ1n) is 8.85. The summed E-state index contributed by atoms with van der Waals surface area (Å²) in [5.41, 5.74) is 2.58. The molecule has 1 aromatic carbocycles. The summed E-state index contributed by atoms with van der Waals surface area (Å²) in [6.07, 6.45) is 4.93. The fraction of sp³-hybridized carbons (Fsp3) is 0.474. The molecule has 2 aromatic rings. The molecule has 126 valence electrons. The third kappa shape index (κ3) is 3.48. The van der Waals surface area contributed by atoms with Crippen LogP contribution in [0.1, 0.15) is 56.0 Å². The summed E-state index contributed by atoms with van der Waals surface area (Å²) in [4.78, 5) is 11.5. The average molecular weight is 343 g/mol. The van der Waals surface area contributed by atoms with Crippen LogP contribution in [0.4, 0.5) is 11.5 Å². The molecule has 0 spiro atoms. The lowest BCUT2D eigenvalue weighted by molar-refractivity contribution is 0.851. The lowest BCUT2D eigenvalue weighted by Crippen LogP contribution is -2.18. The molecular weight excluding hydrogens is 320 g/mol. The Morgan fingerprint density at radius 3 is 2.71 bits per heavy atom. The van der Waals surface area contributed by atoms with Crippen molar-refractivity contribution in [2.75, 3.05) is 23.3 Å². The maximum atomic E-state index is 6.16. The lowest BCUT2D eigenvalue weighted by atomic mass is 10.1. The molecule has 5 heteroatoms. The maximum absolute atomic E-state index is 6.16. The van der Waals surface area contributed by atoms with Gasteiger partial charge in [-0.25, -0.2) is 9.97 Å². The van der Waals surface area contributed by atoms with Gasteiger partial charge in [-0.05, 0) is 50.3 Å². The summed E-state index contributed by atoms with van der Waals surface area (Å²) in [6, 6.07) is 10.8. The Labute approximate surface area is 148 Å². The zero-order chi connectivity index (χ0) is 16.5. The lowest BCUT2D eigenvalue weighted by Gasteiger charge is -2.21. The molecule has 1 atom stereocenters. The highest BCUT2D eigenvalue weighted by Gasteiger charge is 2.27. The molecule has 1 saturated heterocycles. The van der Waals surface area contributed by atoms with Crippen LogP contribution in [0.15, 0.2) is 30.3 Å². The Balaban J connectivity index is 1.51. The van der Waals surface area contributed by atoms with Crippen LogP contribution in [0.5, 0.6) is 0 Å². The van der Waals surface area contributed by atoms with Crippen molar-refractivity contribution in [3.63, 3.8) is 0 Å². The zero-order valence-electron chi connectivity index (χ0n) is 14.0. The van der Waals surface area contributed by atoms with Crippen molar-refractivity contribution in [3.8, 4) is 0 Å². The van der Waals surface area contributed by atoms with Crippen molar-refractivity contribution in [2.45, 2.75) is 44.6 Å². The van der Waals surface area contributed by atoms with Gasteiger partial charge in [-0.1, -0.05) is 23.7 Å². The van der Waals surface area contributed by atoms with Gasteiger partial charge in [-0.15, -0.1) is 0 Å². The van der Waals surface area contributed by atoms with E-state index in [1.165, 1.54) is 36.9 Å². The van der Waals surface area contributed by atoms with Crippen molar-refractivity contribution in [1.82, 2.24) is 9.97 Å². The van der Waals surface area contributed by atoms with Gasteiger partial charge in [0.25, 0.3) is 0 Å². The topological polar surface area (TPSA) is 41.1 Å². The van der Waals surface area contributed by atoms with Crippen LogP contribution >= 0.6 is 11.6 Å². The van der Waals surface area contributed by atoms with Crippen molar-refractivity contribution in [3.05, 3.63) is 46.9 Å². The molecule has 1 aromatic heterocycles. The number of aromatic nitrogens is 2. The first-order chi connectivity index (χ1) is 11.7. The Morgan fingerprint density at radius 2 is 1.96 bits per heavy atom. The SMILES string of the molecule is CC(Nc1cc(Cl)nc(C2CC2)n1)c1cccc(N2CCCC2)c1. The summed E-state index contributed by atoms with van der Waals surface area (Å²) in [7, 11) is 0. The molecule has 0 radical (unpaired) electrons. The highest BCUT2D eigenvalue weighted by molar-refractivity contribution is 6.29. The number of rotatable bonds is 5. The second-order valence-electron chi connectivity index (χ2n) is 6.86. The van der Waals surface area contributed by atoms with Crippen LogP contribution in [0.3, 0.4) is 0 Å². The second kappa shape index (κ2) is 6.60. The largest absolute Gasteiger partial charge is 0.372 e. The summed E-state index contributed by atoms with van der Waals surface area (Å²) in [6.45, 7) is 4.49. The van der Waals surface area contributed by atoms with E-state index in [0.29, 0.717) is 11.1 Å². The highest BCUT2D eigenvalue weighted by Crippen LogP contribution is 2.39. The van der Waals surface area contributed by atoms with Crippen LogP contribution in [0.25, 0.3) is 0 Å². The molecular formula is C19H23ClN4. The van der Waals surface area contributed by atoms with E-state index in [0.717, 1.165) is 24.7 Å². The predicted octanol–water partition coefficient (Wildman–Crippen LogP) is 4.78. The van der Waals surface area contributed by atoms with Crippen molar-refractivity contribution in [1.29, 1.82) is 0 Å². The van der Waals surface area contributed by atoms with Gasteiger partial charge in [0.05, 0.1) is 6.04 Å². The first-order valence-corrected chi connectivity index (χ1v) is 9.23. The smallest absolute Gasteiger partial charge is 0.135 e. The summed E-state index contributed by atoms with van der Waals surface area (Å²) in [5, 5.41) is 4.01. The van der Waals surface area contributed by atoms with Crippen LogP contribution < -0.4 is 10.2 Å². The van der Waals surface area contributed by atoms with Crippen molar-refractivity contribution < 1.29 is 0 Å². The summed E-state index contributed by atoms with van der Waals surface area (Å²) in [5.74, 6) is 2.19. The fourth-order valence-corrected chi connectivity index (χ4v) is 3.49. The fourth-order valence-electron chi connectivity index (χ4n) is 3.30. The molecule has 1 unspecified atom stereocenters. The number of hydrogen-bond acceptors (Lipinski definition) is 4. The Hall–Kier alpha value is -1.81. The number of hydrogen-bond donors (Lipinski definition) is 1. The molecule has 1 aliphatic carbocycles. The monoisotopic (exact) mass is 342 g/mol. The van der Waals surface area contributed by atoms with E-state index in [4.69, 9.17) is 11.6 Å². The van der Waals surface area contributed by atoms with E-state index >= 15 is 0 Å². The number of nitrogens with one attached hydrogen (secondary N) is 1. The minimum absolute atomic E-state index is 0.172.